The smallest absolute Gasteiger partial charge is 0.267 e. The number of carbonyl (C=O) groups excluding carboxylic acids is 4. The van der Waals surface area contributed by atoms with Crippen LogP contribution in [-0.4, -0.2) is 84.0 Å². The molecule has 0 radical (unpaired) electrons. The Balaban J connectivity index is 4.23. The predicted molar refractivity (Wildman–Crippen MR) is 87.3 cm³/mol. The molecule has 0 amide bonds. The molecule has 1 heterocycles. The lowest BCUT2D eigenvalue weighted by Crippen LogP contribution is -2.90. The number of aliphatic imine (C=N–C) groups is 1. The molecule has 144 valence electrons. The molecule has 0 bridgehead atoms. The number of rotatable bonds is 6. The molecule has 1 aliphatic rings. The van der Waals surface area contributed by atoms with E-state index >= 15 is 0 Å². The minimum Gasteiger partial charge on any atom is -0.394 e. The number of ketones is 4. The Hall–Kier alpha value is -1.72. The number of aliphatic hydroxyl groups is 4. The van der Waals surface area contributed by atoms with Gasteiger partial charge in [-0.3, -0.25) is 19.2 Å². The van der Waals surface area contributed by atoms with Crippen LogP contribution in [0.25, 0.3) is 0 Å². The van der Waals surface area contributed by atoms with E-state index in [4.69, 9.17) is 4.74 Å². The van der Waals surface area contributed by atoms with Crippen LogP contribution >= 0.6 is 12.2 Å². The maximum Gasteiger partial charge on any atom is 0.267 e. The number of hydrogen-bond acceptors (Lipinski definition) is 11. The first-order valence-electron chi connectivity index (χ1n) is 7.34. The largest absolute Gasteiger partial charge is 0.394 e. The summed E-state index contributed by atoms with van der Waals surface area (Å²) in [4.78, 5) is 52.5. The van der Waals surface area contributed by atoms with E-state index < -0.39 is 58.4 Å². The van der Waals surface area contributed by atoms with Gasteiger partial charge in [0.2, 0.25) is 11.2 Å². The number of thiocarbonyl (C=S) groups is 1. The van der Waals surface area contributed by atoms with E-state index in [0.29, 0.717) is 13.8 Å². The van der Waals surface area contributed by atoms with Crippen molar-refractivity contribution < 1.29 is 44.3 Å². The summed E-state index contributed by atoms with van der Waals surface area (Å²) < 4.78 is 5.18. The molecule has 0 aliphatic carbocycles. The van der Waals surface area contributed by atoms with Gasteiger partial charge in [0.25, 0.3) is 5.72 Å². The summed E-state index contributed by atoms with van der Waals surface area (Å²) in [5, 5.41) is 44.3. The van der Waals surface area contributed by atoms with Gasteiger partial charge in [-0.15, -0.1) is 0 Å². The molecule has 0 saturated carbocycles. The normalized spacial score (nSPS) is 39.6. The molecule has 0 aromatic rings. The third kappa shape index (κ3) is 2.30. The summed E-state index contributed by atoms with van der Waals surface area (Å²) in [6.45, 7) is 1.73. The van der Waals surface area contributed by atoms with Crippen molar-refractivity contribution in [2.24, 2.45) is 4.99 Å². The molecule has 11 heteroatoms. The highest BCUT2D eigenvalue weighted by atomic mass is 32.1. The van der Waals surface area contributed by atoms with Crippen LogP contribution in [0.2, 0.25) is 0 Å². The van der Waals surface area contributed by atoms with Crippen molar-refractivity contribution in [3.63, 3.8) is 0 Å². The van der Waals surface area contributed by atoms with Gasteiger partial charge in [-0.1, -0.05) is 0 Å². The topological polar surface area (TPSA) is 171 Å². The molecule has 0 aromatic heterocycles. The van der Waals surface area contributed by atoms with E-state index in [0.717, 1.165) is 13.8 Å². The van der Waals surface area contributed by atoms with Gasteiger partial charge in [-0.05, 0) is 39.9 Å². The van der Waals surface area contributed by atoms with Crippen molar-refractivity contribution in [3.8, 4) is 0 Å². The fourth-order valence-corrected chi connectivity index (χ4v) is 3.51. The summed E-state index contributed by atoms with van der Waals surface area (Å²) >= 11 is 4.41. The van der Waals surface area contributed by atoms with E-state index in [1.165, 1.54) is 0 Å². The van der Waals surface area contributed by atoms with Gasteiger partial charge in [0.05, 0.1) is 11.8 Å². The second-order valence-corrected chi connectivity index (χ2v) is 6.23. The fourth-order valence-electron chi connectivity index (χ4n) is 3.39. The summed E-state index contributed by atoms with van der Waals surface area (Å²) in [5.74, 6) is -5.37. The Morgan fingerprint density at radius 1 is 0.962 bits per heavy atom. The maximum atomic E-state index is 12.3. The Bertz CT molecular complexity index is 729. The lowest BCUT2D eigenvalue weighted by molar-refractivity contribution is -0.341. The quantitative estimate of drug-likeness (QED) is 0.287. The zero-order valence-electron chi connectivity index (χ0n) is 14.5. The van der Waals surface area contributed by atoms with Crippen molar-refractivity contribution in [2.75, 3.05) is 6.61 Å². The van der Waals surface area contributed by atoms with Crippen LogP contribution in [0.3, 0.4) is 0 Å². The fraction of sp³-hybridized carbons (Fsp3) is 0.667. The first kappa shape index (κ1) is 22.3. The van der Waals surface area contributed by atoms with Crippen molar-refractivity contribution in [1.82, 2.24) is 0 Å². The second-order valence-electron chi connectivity index (χ2n) is 6.05. The van der Waals surface area contributed by atoms with E-state index in [2.05, 4.69) is 17.2 Å². The average Bonchev–Trinajstić information content (AvgIpc) is 2.54. The first-order chi connectivity index (χ1) is 11.7. The van der Waals surface area contributed by atoms with Crippen LogP contribution in [0, 0.1) is 0 Å². The van der Waals surface area contributed by atoms with Crippen LogP contribution in [0.5, 0.6) is 0 Å². The monoisotopic (exact) mass is 389 g/mol. The molecule has 1 fully saturated rings. The van der Waals surface area contributed by atoms with E-state index in [9.17, 15) is 39.6 Å². The van der Waals surface area contributed by atoms with E-state index in [1.54, 1.807) is 5.16 Å². The first-order valence-corrected chi connectivity index (χ1v) is 7.75. The van der Waals surface area contributed by atoms with Crippen LogP contribution in [0.15, 0.2) is 4.99 Å². The van der Waals surface area contributed by atoms with Crippen molar-refractivity contribution >= 4 is 40.5 Å². The second kappa shape index (κ2) is 6.78. The Morgan fingerprint density at radius 2 is 1.42 bits per heavy atom. The molecule has 5 atom stereocenters. The Kier molecular flexibility index (Phi) is 5.82. The third-order valence-corrected chi connectivity index (χ3v) is 4.84. The van der Waals surface area contributed by atoms with Crippen LogP contribution < -0.4 is 0 Å². The van der Waals surface area contributed by atoms with Crippen molar-refractivity contribution in [3.05, 3.63) is 0 Å². The molecular weight excluding hydrogens is 370 g/mol. The minimum atomic E-state index is -3.59. The van der Waals surface area contributed by atoms with Gasteiger partial charge in [-0.25, -0.2) is 0 Å². The zero-order valence-corrected chi connectivity index (χ0v) is 15.3. The SMILES string of the molecule is CC(=O)[C@@]1(O)[C@](O)(C(C)=O)[C@@](N=C=S)(C(C)=O)O[C@H](CO)[C@]1(O)C(C)=O. The Morgan fingerprint density at radius 3 is 1.69 bits per heavy atom. The molecule has 26 heavy (non-hydrogen) atoms. The Labute approximate surface area is 153 Å². The minimum absolute atomic E-state index is 0.674. The average molecular weight is 389 g/mol. The van der Waals surface area contributed by atoms with Crippen molar-refractivity contribution in [1.29, 1.82) is 0 Å². The number of nitrogens with zero attached hydrogens (tertiary/aromatic N) is 1. The molecule has 0 unspecified atom stereocenters. The number of isothiocyanates is 1. The lowest BCUT2D eigenvalue weighted by atomic mass is 9.57. The lowest BCUT2D eigenvalue weighted by Gasteiger charge is -2.59. The molecular formula is C15H19NO9S. The summed E-state index contributed by atoms with van der Waals surface area (Å²) in [7, 11) is 0. The number of Topliss-reactive ketones (excluding diaryl/α,β-unsaturated/α-hetero) is 4. The van der Waals surface area contributed by atoms with E-state index in [-0.39, 0.29) is 0 Å². The third-order valence-electron chi connectivity index (χ3n) is 4.75. The number of ether oxygens (including phenoxy) is 1. The molecule has 1 saturated heterocycles. The molecule has 1 aliphatic heterocycles. The highest BCUT2D eigenvalue weighted by molar-refractivity contribution is 7.78. The highest BCUT2D eigenvalue weighted by Crippen LogP contribution is 2.52. The van der Waals surface area contributed by atoms with Crippen LogP contribution in [-0.2, 0) is 23.9 Å². The molecule has 4 N–H and O–H groups in total. The molecule has 0 aromatic carbocycles. The standard InChI is InChI=1S/C15H19NO9S/c1-7(18)12(22)11(5-17)25-15(10(4)21,16-6-26)14(24,9(3)20)13(12,23)8(2)19/h11,17,22-24H,5H2,1-4H3/t11-,12-,13+,14-,15-/m1/s1. The number of carbonyl (C=O) groups is 4. The van der Waals surface area contributed by atoms with Gasteiger partial charge >= 0.3 is 0 Å². The van der Waals surface area contributed by atoms with Crippen molar-refractivity contribution in [2.45, 2.75) is 56.3 Å². The molecule has 1 rings (SSSR count). The van der Waals surface area contributed by atoms with Crippen LogP contribution in [0.4, 0.5) is 0 Å². The van der Waals surface area contributed by atoms with Gasteiger partial charge in [0.1, 0.15) is 6.10 Å². The number of hydrogen-bond donors (Lipinski definition) is 4. The van der Waals surface area contributed by atoms with E-state index in [1.807, 2.05) is 0 Å². The molecule has 10 nitrogen and oxygen atoms in total. The summed E-state index contributed by atoms with van der Waals surface area (Å²) in [6, 6.07) is 0. The molecule has 0 spiro atoms. The van der Waals surface area contributed by atoms with Gasteiger partial charge in [0, 0.05) is 0 Å². The summed E-state index contributed by atoms with van der Waals surface area (Å²) in [5.41, 5.74) is -13.4. The van der Waals surface area contributed by atoms with Crippen LogP contribution in [0.1, 0.15) is 27.7 Å². The maximum absolute atomic E-state index is 12.3. The highest BCUT2D eigenvalue weighted by Gasteiger charge is 2.84. The van der Waals surface area contributed by atoms with Gasteiger partial charge in [-0.2, -0.15) is 4.99 Å². The summed E-state index contributed by atoms with van der Waals surface area (Å²) in [6.07, 6.45) is -2.11. The van der Waals surface area contributed by atoms with Gasteiger partial charge in [0.15, 0.2) is 28.7 Å². The predicted octanol–water partition coefficient (Wildman–Crippen LogP) is -2.27. The number of aliphatic hydroxyl groups excluding tert-OH is 1. The zero-order chi connectivity index (χ0) is 20.7. The van der Waals surface area contributed by atoms with Gasteiger partial charge < -0.3 is 25.2 Å².